The topological polar surface area (TPSA) is 20.2 Å². The highest BCUT2D eigenvalue weighted by Gasteiger charge is 2.40. The fourth-order valence-electron chi connectivity index (χ4n) is 2.24. The van der Waals surface area contributed by atoms with Gasteiger partial charge in [0.05, 0.1) is 0 Å². The smallest absolute Gasteiger partial charge is 0.156 e. The Morgan fingerprint density at radius 3 is 2.22 bits per heavy atom. The lowest BCUT2D eigenvalue weighted by Crippen LogP contribution is -2.38. The number of hydrogen-bond donors (Lipinski definition) is 1. The number of benzene rings is 2. The van der Waals surface area contributed by atoms with E-state index in [1.54, 1.807) is 0 Å². The van der Waals surface area contributed by atoms with Crippen molar-refractivity contribution >= 4 is 10.8 Å². The molecule has 1 atom stereocenters. The van der Waals surface area contributed by atoms with Gasteiger partial charge in [0.25, 0.3) is 0 Å². The molecular formula is C17H18O. The molecule has 0 amide bonds. The molecule has 1 heteroatoms. The predicted molar refractivity (Wildman–Crippen MR) is 76.1 cm³/mol. The van der Waals surface area contributed by atoms with Crippen LogP contribution in [0.4, 0.5) is 0 Å². The first-order chi connectivity index (χ1) is 8.40. The Bertz CT molecular complexity index is 608. The van der Waals surface area contributed by atoms with E-state index in [1.807, 2.05) is 63.2 Å². The van der Waals surface area contributed by atoms with Gasteiger partial charge in [-0.05, 0) is 10.8 Å². The van der Waals surface area contributed by atoms with Gasteiger partial charge < -0.3 is 5.11 Å². The quantitative estimate of drug-likeness (QED) is 0.751. The van der Waals surface area contributed by atoms with Gasteiger partial charge >= 0.3 is 0 Å². The molecule has 0 spiro atoms. The third-order valence-electron chi connectivity index (χ3n) is 3.47. The first-order valence-corrected chi connectivity index (χ1v) is 6.08. The molecule has 0 aliphatic carbocycles. The van der Waals surface area contributed by atoms with Crippen molar-refractivity contribution in [1.82, 2.24) is 0 Å². The van der Waals surface area contributed by atoms with Crippen LogP contribution in [-0.4, -0.2) is 5.11 Å². The second-order valence-electron chi connectivity index (χ2n) is 5.63. The van der Waals surface area contributed by atoms with Gasteiger partial charge in [-0.25, -0.2) is 0 Å². The van der Waals surface area contributed by atoms with Gasteiger partial charge in [-0.15, -0.1) is 6.42 Å². The van der Waals surface area contributed by atoms with Crippen LogP contribution < -0.4 is 0 Å². The fourth-order valence-corrected chi connectivity index (χ4v) is 2.24. The van der Waals surface area contributed by atoms with Crippen LogP contribution in [0.15, 0.2) is 42.5 Å². The summed E-state index contributed by atoms with van der Waals surface area (Å²) < 4.78 is 0. The van der Waals surface area contributed by atoms with Crippen LogP contribution in [0, 0.1) is 17.8 Å². The molecular weight excluding hydrogens is 220 g/mol. The molecule has 0 aliphatic rings. The van der Waals surface area contributed by atoms with Crippen molar-refractivity contribution in [2.45, 2.75) is 26.4 Å². The molecule has 92 valence electrons. The number of fused-ring (bicyclic) bond motifs is 1. The summed E-state index contributed by atoms with van der Waals surface area (Å²) in [4.78, 5) is 0. The second-order valence-corrected chi connectivity index (χ2v) is 5.63. The minimum atomic E-state index is -1.27. The molecule has 0 aromatic heterocycles. The van der Waals surface area contributed by atoms with Gasteiger partial charge in [-0.3, -0.25) is 0 Å². The van der Waals surface area contributed by atoms with E-state index in [0.29, 0.717) is 0 Å². The summed E-state index contributed by atoms with van der Waals surface area (Å²) in [5.74, 6) is 2.58. The maximum Gasteiger partial charge on any atom is 0.156 e. The van der Waals surface area contributed by atoms with Gasteiger partial charge in [0, 0.05) is 11.0 Å². The van der Waals surface area contributed by atoms with Gasteiger partial charge in [0.2, 0.25) is 0 Å². The van der Waals surface area contributed by atoms with Crippen LogP contribution in [0.3, 0.4) is 0 Å². The monoisotopic (exact) mass is 238 g/mol. The SMILES string of the molecule is C#CC(O)(c1cccc2ccccc12)C(C)(C)C. The van der Waals surface area contributed by atoms with Crippen LogP contribution in [0.5, 0.6) is 0 Å². The average molecular weight is 238 g/mol. The summed E-state index contributed by atoms with van der Waals surface area (Å²) in [6.07, 6.45) is 5.62. The summed E-state index contributed by atoms with van der Waals surface area (Å²) in [5, 5.41) is 13.0. The van der Waals surface area contributed by atoms with E-state index in [4.69, 9.17) is 6.42 Å². The maximum absolute atomic E-state index is 10.9. The Morgan fingerprint density at radius 2 is 1.61 bits per heavy atom. The van der Waals surface area contributed by atoms with Gasteiger partial charge in [-0.1, -0.05) is 69.2 Å². The Balaban J connectivity index is 2.79. The first-order valence-electron chi connectivity index (χ1n) is 6.08. The number of rotatable bonds is 1. The fraction of sp³-hybridized carbons (Fsp3) is 0.294. The molecule has 0 fully saturated rings. The highest BCUT2D eigenvalue weighted by atomic mass is 16.3. The molecule has 0 heterocycles. The number of aliphatic hydroxyl groups is 1. The van der Waals surface area contributed by atoms with Crippen molar-refractivity contribution in [3.8, 4) is 12.3 Å². The number of hydrogen-bond acceptors (Lipinski definition) is 1. The Morgan fingerprint density at radius 1 is 1.00 bits per heavy atom. The molecule has 2 aromatic carbocycles. The van der Waals surface area contributed by atoms with Crippen LogP contribution in [0.1, 0.15) is 26.3 Å². The van der Waals surface area contributed by atoms with Gasteiger partial charge in [-0.2, -0.15) is 0 Å². The lowest BCUT2D eigenvalue weighted by atomic mass is 9.71. The molecule has 0 saturated carbocycles. The highest BCUT2D eigenvalue weighted by molar-refractivity contribution is 5.87. The van der Waals surface area contributed by atoms with Crippen molar-refractivity contribution in [2.24, 2.45) is 5.41 Å². The predicted octanol–water partition coefficient (Wildman–Crippen LogP) is 3.71. The average Bonchev–Trinajstić information content (AvgIpc) is 2.35. The molecule has 0 radical (unpaired) electrons. The maximum atomic E-state index is 10.9. The van der Waals surface area contributed by atoms with Gasteiger partial charge in [0.15, 0.2) is 5.60 Å². The summed E-state index contributed by atoms with van der Waals surface area (Å²) in [5.41, 5.74) is -0.893. The Kier molecular flexibility index (Phi) is 2.92. The van der Waals surface area contributed by atoms with E-state index in [1.165, 1.54) is 0 Å². The minimum Gasteiger partial charge on any atom is -0.373 e. The van der Waals surface area contributed by atoms with E-state index in [-0.39, 0.29) is 0 Å². The van der Waals surface area contributed by atoms with E-state index < -0.39 is 11.0 Å². The molecule has 0 aliphatic heterocycles. The molecule has 1 unspecified atom stereocenters. The van der Waals surface area contributed by atoms with Crippen LogP contribution in [0.2, 0.25) is 0 Å². The van der Waals surface area contributed by atoms with E-state index >= 15 is 0 Å². The van der Waals surface area contributed by atoms with E-state index in [2.05, 4.69) is 5.92 Å². The molecule has 2 aromatic rings. The van der Waals surface area contributed by atoms with Crippen molar-refractivity contribution in [1.29, 1.82) is 0 Å². The van der Waals surface area contributed by atoms with E-state index in [9.17, 15) is 5.11 Å². The second kappa shape index (κ2) is 4.15. The Hall–Kier alpha value is -1.78. The zero-order valence-electron chi connectivity index (χ0n) is 11.1. The normalized spacial score (nSPS) is 15.1. The van der Waals surface area contributed by atoms with E-state index in [0.717, 1.165) is 16.3 Å². The summed E-state index contributed by atoms with van der Waals surface area (Å²) in [7, 11) is 0. The van der Waals surface area contributed by atoms with Crippen molar-refractivity contribution in [2.75, 3.05) is 0 Å². The third kappa shape index (κ3) is 1.79. The largest absolute Gasteiger partial charge is 0.373 e. The third-order valence-corrected chi connectivity index (χ3v) is 3.47. The zero-order chi connectivity index (χ0) is 13.4. The summed E-state index contributed by atoms with van der Waals surface area (Å²) in [6.45, 7) is 5.86. The Labute approximate surface area is 108 Å². The summed E-state index contributed by atoms with van der Waals surface area (Å²) >= 11 is 0. The molecule has 18 heavy (non-hydrogen) atoms. The molecule has 1 N–H and O–H groups in total. The van der Waals surface area contributed by atoms with Crippen LogP contribution in [-0.2, 0) is 5.60 Å². The van der Waals surface area contributed by atoms with Crippen LogP contribution >= 0.6 is 0 Å². The molecule has 0 saturated heterocycles. The lowest BCUT2D eigenvalue weighted by Gasteiger charge is -2.37. The first kappa shape index (κ1) is 12.7. The highest BCUT2D eigenvalue weighted by Crippen LogP contribution is 2.41. The van der Waals surface area contributed by atoms with Crippen molar-refractivity contribution in [3.05, 3.63) is 48.0 Å². The molecule has 1 nitrogen and oxygen atoms in total. The lowest BCUT2D eigenvalue weighted by molar-refractivity contribution is -0.00756. The van der Waals surface area contributed by atoms with Gasteiger partial charge in [0.1, 0.15) is 0 Å². The summed E-state index contributed by atoms with van der Waals surface area (Å²) in [6, 6.07) is 13.8. The minimum absolute atomic E-state index is 0.425. The molecule has 2 rings (SSSR count). The standard InChI is InChI=1S/C17H18O/c1-5-17(18,16(2,3)4)15-12-8-10-13-9-6-7-11-14(13)15/h1,6-12,18H,2-4H3. The zero-order valence-corrected chi connectivity index (χ0v) is 11.1. The molecule has 0 bridgehead atoms. The van der Waals surface area contributed by atoms with Crippen LogP contribution in [0.25, 0.3) is 10.8 Å². The van der Waals surface area contributed by atoms with Crippen molar-refractivity contribution < 1.29 is 5.11 Å². The van der Waals surface area contributed by atoms with Crippen molar-refractivity contribution in [3.63, 3.8) is 0 Å². The number of terminal acetylenes is 1.